The van der Waals surface area contributed by atoms with E-state index in [1.54, 1.807) is 41.8 Å². The van der Waals surface area contributed by atoms with Gasteiger partial charge in [-0.1, -0.05) is 29.8 Å². The fourth-order valence-electron chi connectivity index (χ4n) is 3.95. The standard InChI is InChI=1S/C25H26FN3O5S2/c1-17-3-9-20(10-4-17)36(32,33)29-13-11-28(12-14-29)15-22(30)27-24-23(25(31)34-2)21(16-35-24)18-5-7-19(26)8-6-18/h3-10,16H,11-15H2,1-2H3,(H,27,30). The minimum absolute atomic E-state index is 0.0445. The quantitative estimate of drug-likeness (QED) is 0.468. The highest BCUT2D eigenvalue weighted by Gasteiger charge is 2.29. The van der Waals surface area contributed by atoms with Gasteiger partial charge in [-0.2, -0.15) is 4.31 Å². The zero-order valence-electron chi connectivity index (χ0n) is 19.9. The first kappa shape index (κ1) is 26.0. The Morgan fingerprint density at radius 3 is 2.28 bits per heavy atom. The van der Waals surface area contributed by atoms with Crippen LogP contribution in [0.5, 0.6) is 0 Å². The number of carbonyl (C=O) groups is 2. The van der Waals surface area contributed by atoms with Crippen LogP contribution in [0.3, 0.4) is 0 Å². The second kappa shape index (κ2) is 10.9. The third kappa shape index (κ3) is 5.65. The van der Waals surface area contributed by atoms with E-state index < -0.39 is 21.8 Å². The van der Waals surface area contributed by atoms with E-state index in [0.717, 1.165) is 5.56 Å². The van der Waals surface area contributed by atoms with Gasteiger partial charge in [0.2, 0.25) is 15.9 Å². The minimum Gasteiger partial charge on any atom is -0.465 e. The number of thiophene rings is 1. The van der Waals surface area contributed by atoms with E-state index in [1.165, 1.54) is 34.9 Å². The maximum atomic E-state index is 13.3. The maximum Gasteiger partial charge on any atom is 0.341 e. The van der Waals surface area contributed by atoms with Gasteiger partial charge in [-0.3, -0.25) is 9.69 Å². The van der Waals surface area contributed by atoms with E-state index >= 15 is 0 Å². The van der Waals surface area contributed by atoms with E-state index in [-0.39, 0.29) is 36.0 Å². The summed E-state index contributed by atoms with van der Waals surface area (Å²) in [5.74, 6) is -1.34. The van der Waals surface area contributed by atoms with Crippen LogP contribution in [0.2, 0.25) is 0 Å². The van der Waals surface area contributed by atoms with E-state index in [1.807, 2.05) is 11.8 Å². The van der Waals surface area contributed by atoms with Crippen LogP contribution in [0, 0.1) is 12.7 Å². The van der Waals surface area contributed by atoms with Crippen molar-refractivity contribution in [3.8, 4) is 11.1 Å². The molecule has 1 aliphatic rings. The molecule has 8 nitrogen and oxygen atoms in total. The molecule has 1 amide bonds. The highest BCUT2D eigenvalue weighted by Crippen LogP contribution is 2.36. The number of benzene rings is 2. The predicted molar refractivity (Wildman–Crippen MR) is 136 cm³/mol. The van der Waals surface area contributed by atoms with Crippen molar-refractivity contribution in [2.75, 3.05) is 45.2 Å². The Morgan fingerprint density at radius 2 is 1.67 bits per heavy atom. The third-order valence-electron chi connectivity index (χ3n) is 5.95. The number of methoxy groups -OCH3 is 1. The first-order chi connectivity index (χ1) is 17.2. The number of carbonyl (C=O) groups excluding carboxylic acids is 2. The zero-order chi connectivity index (χ0) is 25.9. The number of rotatable bonds is 7. The first-order valence-electron chi connectivity index (χ1n) is 11.2. The molecule has 0 bridgehead atoms. The van der Waals surface area contributed by atoms with Gasteiger partial charge >= 0.3 is 5.97 Å². The van der Waals surface area contributed by atoms with E-state index in [9.17, 15) is 22.4 Å². The molecular weight excluding hydrogens is 505 g/mol. The molecule has 36 heavy (non-hydrogen) atoms. The fourth-order valence-corrected chi connectivity index (χ4v) is 6.35. The highest BCUT2D eigenvalue weighted by molar-refractivity contribution is 7.89. The number of nitrogens with one attached hydrogen (secondary N) is 1. The van der Waals surface area contributed by atoms with Crippen LogP contribution < -0.4 is 5.32 Å². The zero-order valence-corrected chi connectivity index (χ0v) is 21.5. The molecule has 0 saturated carbocycles. The van der Waals surface area contributed by atoms with Gasteiger partial charge in [0.15, 0.2) is 0 Å². The van der Waals surface area contributed by atoms with Crippen molar-refractivity contribution in [1.82, 2.24) is 9.21 Å². The molecular formula is C25H26FN3O5S2. The summed E-state index contributed by atoms with van der Waals surface area (Å²) >= 11 is 1.18. The molecule has 0 aliphatic carbocycles. The molecule has 0 spiro atoms. The van der Waals surface area contributed by atoms with Crippen LogP contribution in [-0.4, -0.2) is 69.3 Å². The smallest absolute Gasteiger partial charge is 0.341 e. The van der Waals surface area contributed by atoms with Crippen molar-refractivity contribution in [1.29, 1.82) is 0 Å². The number of piperazine rings is 1. The number of hydrogen-bond acceptors (Lipinski definition) is 7. The van der Waals surface area contributed by atoms with Crippen molar-refractivity contribution < 1.29 is 27.1 Å². The van der Waals surface area contributed by atoms with Crippen molar-refractivity contribution >= 4 is 38.2 Å². The number of esters is 1. The van der Waals surface area contributed by atoms with Gasteiger partial charge in [0, 0.05) is 37.1 Å². The molecule has 0 unspecified atom stereocenters. The largest absolute Gasteiger partial charge is 0.465 e. The van der Waals surface area contributed by atoms with E-state index in [4.69, 9.17) is 4.74 Å². The van der Waals surface area contributed by atoms with Crippen molar-refractivity contribution in [3.05, 3.63) is 70.9 Å². The Labute approximate surface area is 213 Å². The Bertz CT molecular complexity index is 1350. The summed E-state index contributed by atoms with van der Waals surface area (Å²) in [6, 6.07) is 12.4. The molecule has 2 heterocycles. The molecule has 2 aromatic carbocycles. The number of ether oxygens (including phenoxy) is 1. The molecule has 1 aromatic heterocycles. The molecule has 1 aliphatic heterocycles. The number of halogens is 1. The Morgan fingerprint density at radius 1 is 1.03 bits per heavy atom. The normalized spacial score (nSPS) is 15.0. The summed E-state index contributed by atoms with van der Waals surface area (Å²) < 4.78 is 45.5. The maximum absolute atomic E-state index is 13.3. The molecule has 1 saturated heterocycles. The number of sulfonamides is 1. The lowest BCUT2D eigenvalue weighted by Crippen LogP contribution is -2.50. The van der Waals surface area contributed by atoms with Crippen molar-refractivity contribution in [2.45, 2.75) is 11.8 Å². The van der Waals surface area contributed by atoms with Crippen molar-refractivity contribution in [2.24, 2.45) is 0 Å². The summed E-state index contributed by atoms with van der Waals surface area (Å²) in [6.07, 6.45) is 0. The number of amides is 1. The topological polar surface area (TPSA) is 96.0 Å². The van der Waals surface area contributed by atoms with Gasteiger partial charge in [0.05, 0.1) is 18.6 Å². The Hall–Kier alpha value is -3.12. The van der Waals surface area contributed by atoms with E-state index in [2.05, 4.69) is 5.32 Å². The summed E-state index contributed by atoms with van der Waals surface area (Å²) in [4.78, 5) is 27.4. The molecule has 1 N–H and O–H groups in total. The average Bonchev–Trinajstić information content (AvgIpc) is 3.27. The summed E-state index contributed by atoms with van der Waals surface area (Å²) in [7, 11) is -2.34. The molecule has 3 aromatic rings. The van der Waals surface area contributed by atoms with Crippen LogP contribution in [0.4, 0.5) is 9.39 Å². The number of hydrogen-bond donors (Lipinski definition) is 1. The lowest BCUT2D eigenvalue weighted by atomic mass is 10.0. The number of aryl methyl sites for hydroxylation is 1. The highest BCUT2D eigenvalue weighted by atomic mass is 32.2. The van der Waals surface area contributed by atoms with Crippen LogP contribution in [0.1, 0.15) is 15.9 Å². The summed E-state index contributed by atoms with van der Waals surface area (Å²) in [6.45, 7) is 3.27. The monoisotopic (exact) mass is 531 g/mol. The van der Waals surface area contributed by atoms with Crippen molar-refractivity contribution in [3.63, 3.8) is 0 Å². The van der Waals surface area contributed by atoms with Crippen LogP contribution in [-0.2, 0) is 19.6 Å². The predicted octanol–water partition coefficient (Wildman–Crippen LogP) is 3.59. The third-order valence-corrected chi connectivity index (χ3v) is 8.75. The Kier molecular flexibility index (Phi) is 7.84. The van der Waals surface area contributed by atoms with Gasteiger partial charge in [0.1, 0.15) is 16.4 Å². The molecule has 1 fully saturated rings. The van der Waals surface area contributed by atoms with Gasteiger partial charge < -0.3 is 10.1 Å². The first-order valence-corrected chi connectivity index (χ1v) is 13.6. The van der Waals surface area contributed by atoms with Crippen LogP contribution >= 0.6 is 11.3 Å². The fraction of sp³-hybridized carbons (Fsp3) is 0.280. The van der Waals surface area contributed by atoms with Crippen LogP contribution in [0.15, 0.2) is 58.8 Å². The van der Waals surface area contributed by atoms with E-state index in [0.29, 0.717) is 29.2 Å². The van der Waals surface area contributed by atoms with Gasteiger partial charge in [-0.05, 0) is 36.8 Å². The second-order valence-corrected chi connectivity index (χ2v) is 11.2. The Balaban J connectivity index is 1.40. The SMILES string of the molecule is COC(=O)c1c(-c2ccc(F)cc2)csc1NC(=O)CN1CCN(S(=O)(=O)c2ccc(C)cc2)CC1. The average molecular weight is 532 g/mol. The lowest BCUT2D eigenvalue weighted by Gasteiger charge is -2.33. The minimum atomic E-state index is -3.59. The molecule has 11 heteroatoms. The van der Waals surface area contributed by atoms with Gasteiger partial charge in [-0.15, -0.1) is 11.3 Å². The molecule has 0 radical (unpaired) electrons. The molecule has 190 valence electrons. The van der Waals surface area contributed by atoms with Crippen LogP contribution in [0.25, 0.3) is 11.1 Å². The summed E-state index contributed by atoms with van der Waals surface area (Å²) in [5, 5.41) is 4.83. The number of nitrogens with zero attached hydrogens (tertiary/aromatic N) is 2. The van der Waals surface area contributed by atoms with Gasteiger partial charge in [0.25, 0.3) is 0 Å². The molecule has 0 atom stereocenters. The molecule has 4 rings (SSSR count). The van der Waals surface area contributed by atoms with Gasteiger partial charge in [-0.25, -0.2) is 17.6 Å². The number of anilines is 1. The second-order valence-electron chi connectivity index (χ2n) is 8.39. The lowest BCUT2D eigenvalue weighted by molar-refractivity contribution is -0.117. The summed E-state index contributed by atoms with van der Waals surface area (Å²) in [5.41, 5.74) is 2.35.